The van der Waals surface area contributed by atoms with Gasteiger partial charge in [-0.25, -0.2) is 8.42 Å². The highest BCUT2D eigenvalue weighted by atomic mass is 35.5. The third-order valence-electron chi connectivity index (χ3n) is 4.60. The van der Waals surface area contributed by atoms with Gasteiger partial charge in [0.1, 0.15) is 5.75 Å². The summed E-state index contributed by atoms with van der Waals surface area (Å²) in [5.41, 5.74) is 1.14. The third kappa shape index (κ3) is 5.81. The molecule has 8 nitrogen and oxygen atoms in total. The van der Waals surface area contributed by atoms with Gasteiger partial charge in [-0.15, -0.1) is 0 Å². The van der Waals surface area contributed by atoms with E-state index in [1.165, 1.54) is 42.5 Å². The summed E-state index contributed by atoms with van der Waals surface area (Å²) in [6.45, 7) is 0.263. The monoisotopic (exact) mass is 508 g/mol. The van der Waals surface area contributed by atoms with Gasteiger partial charge in [-0.1, -0.05) is 29.3 Å². The first-order chi connectivity index (χ1) is 15.8. The molecule has 0 saturated carbocycles. The summed E-state index contributed by atoms with van der Waals surface area (Å²) in [6.07, 6.45) is 0. The first-order valence-corrected chi connectivity index (χ1v) is 11.9. The Hall–Kier alpha value is -3.14. The maximum atomic E-state index is 12.6. The summed E-state index contributed by atoms with van der Waals surface area (Å²) in [6, 6.07) is 15.5. The molecule has 1 aliphatic heterocycles. The fraction of sp³-hybridized carbons (Fsp3) is 0.136. The molecule has 1 heterocycles. The van der Waals surface area contributed by atoms with Crippen molar-refractivity contribution in [2.24, 2.45) is 0 Å². The summed E-state index contributed by atoms with van der Waals surface area (Å²) in [4.78, 5) is 12.1. The van der Waals surface area contributed by atoms with Gasteiger partial charge in [-0.05, 0) is 60.2 Å². The van der Waals surface area contributed by atoms with Gasteiger partial charge in [0.2, 0.25) is 6.79 Å². The maximum Gasteiger partial charge on any atom is 0.261 e. The van der Waals surface area contributed by atoms with Crippen LogP contribution in [0.1, 0.15) is 5.56 Å². The Morgan fingerprint density at radius 2 is 1.70 bits per heavy atom. The van der Waals surface area contributed by atoms with Crippen LogP contribution in [0, 0.1) is 0 Å². The molecule has 0 fully saturated rings. The van der Waals surface area contributed by atoms with E-state index in [4.69, 9.17) is 37.4 Å². The van der Waals surface area contributed by atoms with Gasteiger partial charge in [0.05, 0.1) is 20.6 Å². The SMILES string of the molecule is O=C(COc1ccc(S(=O)(=O)Nc2ccc(Cl)c(Cl)c2)cc1)NCc1ccc2c(c1)OCO2. The van der Waals surface area contributed by atoms with Crippen LogP contribution in [0.5, 0.6) is 17.2 Å². The van der Waals surface area contributed by atoms with E-state index < -0.39 is 10.0 Å². The van der Waals surface area contributed by atoms with Gasteiger partial charge in [0, 0.05) is 6.54 Å². The number of rotatable bonds is 8. The fourth-order valence-electron chi connectivity index (χ4n) is 2.94. The highest BCUT2D eigenvalue weighted by Crippen LogP contribution is 2.32. The molecule has 4 rings (SSSR count). The number of amides is 1. The van der Waals surface area contributed by atoms with E-state index in [0.29, 0.717) is 28.8 Å². The molecule has 3 aromatic carbocycles. The van der Waals surface area contributed by atoms with Crippen molar-refractivity contribution in [3.8, 4) is 17.2 Å². The second kappa shape index (κ2) is 9.78. The van der Waals surface area contributed by atoms with Crippen molar-refractivity contribution < 1.29 is 27.4 Å². The predicted molar refractivity (Wildman–Crippen MR) is 124 cm³/mol. The summed E-state index contributed by atoms with van der Waals surface area (Å²) >= 11 is 11.8. The zero-order valence-corrected chi connectivity index (χ0v) is 19.3. The minimum Gasteiger partial charge on any atom is -0.484 e. The van der Waals surface area contributed by atoms with Gasteiger partial charge in [0.25, 0.3) is 15.9 Å². The van der Waals surface area contributed by atoms with E-state index in [1.807, 2.05) is 6.07 Å². The molecule has 1 amide bonds. The van der Waals surface area contributed by atoms with E-state index in [1.54, 1.807) is 12.1 Å². The third-order valence-corrected chi connectivity index (χ3v) is 6.74. The van der Waals surface area contributed by atoms with Gasteiger partial charge in [-0.3, -0.25) is 9.52 Å². The number of carbonyl (C=O) groups excluding carboxylic acids is 1. The number of fused-ring (bicyclic) bond motifs is 1. The van der Waals surface area contributed by atoms with E-state index in [-0.39, 0.29) is 34.9 Å². The van der Waals surface area contributed by atoms with Gasteiger partial charge in [-0.2, -0.15) is 0 Å². The first-order valence-electron chi connectivity index (χ1n) is 9.66. The van der Waals surface area contributed by atoms with Gasteiger partial charge >= 0.3 is 0 Å². The lowest BCUT2D eigenvalue weighted by molar-refractivity contribution is -0.123. The molecule has 33 heavy (non-hydrogen) atoms. The predicted octanol–water partition coefficient (Wildman–Crippen LogP) is 4.22. The van der Waals surface area contributed by atoms with E-state index in [2.05, 4.69) is 10.0 Å². The summed E-state index contributed by atoms with van der Waals surface area (Å²) < 4.78 is 43.5. The average Bonchev–Trinajstić information content (AvgIpc) is 3.27. The lowest BCUT2D eigenvalue weighted by Gasteiger charge is -2.11. The topological polar surface area (TPSA) is 103 Å². The highest BCUT2D eigenvalue weighted by Gasteiger charge is 2.16. The molecule has 3 aromatic rings. The second-order valence-corrected chi connectivity index (χ2v) is 9.46. The Morgan fingerprint density at radius 3 is 2.45 bits per heavy atom. The van der Waals surface area contributed by atoms with Crippen molar-refractivity contribution in [2.45, 2.75) is 11.4 Å². The van der Waals surface area contributed by atoms with Crippen molar-refractivity contribution >= 4 is 44.8 Å². The number of hydrogen-bond donors (Lipinski definition) is 2. The zero-order chi connectivity index (χ0) is 23.4. The number of carbonyl (C=O) groups is 1. The number of sulfonamides is 1. The van der Waals surface area contributed by atoms with Crippen LogP contribution in [-0.4, -0.2) is 27.7 Å². The summed E-state index contributed by atoms with van der Waals surface area (Å²) in [7, 11) is -3.84. The molecular formula is C22H18Cl2N2O6S. The molecule has 2 N–H and O–H groups in total. The van der Waals surface area contributed by atoms with E-state index in [0.717, 1.165) is 5.56 Å². The molecule has 0 aliphatic carbocycles. The van der Waals surface area contributed by atoms with Crippen LogP contribution in [-0.2, 0) is 21.4 Å². The normalized spacial score (nSPS) is 12.3. The Labute approximate surface area is 200 Å². The number of halogens is 2. The standard InChI is InChI=1S/C22H18Cl2N2O6S/c23-18-7-2-15(10-19(18)24)26-33(28,29)17-5-3-16(4-6-17)30-12-22(27)25-11-14-1-8-20-21(9-14)32-13-31-20/h1-10,26H,11-13H2,(H,25,27). The van der Waals surface area contributed by atoms with Crippen LogP contribution in [0.15, 0.2) is 65.6 Å². The highest BCUT2D eigenvalue weighted by molar-refractivity contribution is 7.92. The molecule has 0 spiro atoms. The lowest BCUT2D eigenvalue weighted by Crippen LogP contribution is -2.28. The van der Waals surface area contributed by atoms with Gasteiger partial charge < -0.3 is 19.5 Å². The van der Waals surface area contributed by atoms with Crippen molar-refractivity contribution in [3.05, 3.63) is 76.3 Å². The Balaban J connectivity index is 1.29. The number of hydrogen-bond acceptors (Lipinski definition) is 6. The minimum atomic E-state index is -3.84. The maximum absolute atomic E-state index is 12.6. The number of benzene rings is 3. The first kappa shape index (κ1) is 23.0. The van der Waals surface area contributed by atoms with Crippen molar-refractivity contribution in [1.29, 1.82) is 0 Å². The van der Waals surface area contributed by atoms with E-state index >= 15 is 0 Å². The molecule has 0 unspecified atom stereocenters. The number of anilines is 1. The van der Waals surface area contributed by atoms with Crippen LogP contribution < -0.4 is 24.2 Å². The van der Waals surface area contributed by atoms with Crippen LogP contribution in [0.3, 0.4) is 0 Å². The summed E-state index contributed by atoms with van der Waals surface area (Å²) in [5.74, 6) is 1.33. The van der Waals surface area contributed by atoms with Crippen molar-refractivity contribution in [2.75, 3.05) is 18.1 Å². The Kier molecular flexibility index (Phi) is 6.83. The lowest BCUT2D eigenvalue weighted by atomic mass is 10.2. The molecule has 0 aromatic heterocycles. The van der Waals surface area contributed by atoms with Crippen LogP contribution in [0.4, 0.5) is 5.69 Å². The number of ether oxygens (including phenoxy) is 3. The Bertz CT molecular complexity index is 1280. The molecule has 0 atom stereocenters. The molecular weight excluding hydrogens is 491 g/mol. The van der Waals surface area contributed by atoms with Gasteiger partial charge in [0.15, 0.2) is 18.1 Å². The molecule has 0 radical (unpaired) electrons. The van der Waals surface area contributed by atoms with Crippen molar-refractivity contribution in [3.63, 3.8) is 0 Å². The van der Waals surface area contributed by atoms with Crippen molar-refractivity contribution in [1.82, 2.24) is 5.32 Å². The quantitative estimate of drug-likeness (QED) is 0.472. The Morgan fingerprint density at radius 1 is 0.939 bits per heavy atom. The smallest absolute Gasteiger partial charge is 0.261 e. The summed E-state index contributed by atoms with van der Waals surface area (Å²) in [5, 5.41) is 3.30. The van der Waals surface area contributed by atoms with Crippen LogP contribution >= 0.6 is 23.2 Å². The molecule has 1 aliphatic rings. The molecule has 0 saturated heterocycles. The fourth-order valence-corrected chi connectivity index (χ4v) is 4.29. The number of nitrogens with one attached hydrogen (secondary N) is 2. The average molecular weight is 509 g/mol. The molecule has 0 bridgehead atoms. The van der Waals surface area contributed by atoms with Crippen LogP contribution in [0.2, 0.25) is 10.0 Å². The minimum absolute atomic E-state index is 0.0215. The largest absolute Gasteiger partial charge is 0.484 e. The molecule has 11 heteroatoms. The second-order valence-electron chi connectivity index (χ2n) is 6.96. The van der Waals surface area contributed by atoms with E-state index in [9.17, 15) is 13.2 Å². The zero-order valence-electron chi connectivity index (χ0n) is 17.0. The van der Waals surface area contributed by atoms with Crippen LogP contribution in [0.25, 0.3) is 0 Å². The molecule has 172 valence electrons.